The van der Waals surface area contributed by atoms with E-state index >= 15 is 0 Å². The van der Waals surface area contributed by atoms with Crippen LogP contribution in [0.2, 0.25) is 0 Å². The fourth-order valence-corrected chi connectivity index (χ4v) is 4.15. The first kappa shape index (κ1) is 20.1. The molecule has 24 heavy (non-hydrogen) atoms. The molecule has 0 spiro atoms. The zero-order chi connectivity index (χ0) is 18.3. The Morgan fingerprint density at radius 3 is 2.29 bits per heavy atom. The number of methoxy groups -OCH3 is 1. The lowest BCUT2D eigenvalue weighted by Gasteiger charge is -2.31. The first-order chi connectivity index (χ1) is 11.3. The monoisotopic (exact) mass is 352 g/mol. The van der Waals surface area contributed by atoms with Crippen LogP contribution >= 0.6 is 0 Å². The smallest absolute Gasteiger partial charge is 0.324 e. The van der Waals surface area contributed by atoms with Crippen molar-refractivity contribution in [1.82, 2.24) is 4.31 Å². The van der Waals surface area contributed by atoms with Crippen molar-refractivity contribution >= 4 is 16.0 Å². The molecule has 1 aromatic carbocycles. The molecule has 0 aliphatic heterocycles. The lowest BCUT2D eigenvalue weighted by atomic mass is 10.0. The molecule has 7 heteroatoms. The molecular formula is C17H24N2O4S. The average Bonchev–Trinajstić information content (AvgIpc) is 2.57. The fraction of sp³-hybridized carbons (Fsp3) is 0.529. The van der Waals surface area contributed by atoms with Gasteiger partial charge in [-0.15, -0.1) is 0 Å². The van der Waals surface area contributed by atoms with E-state index in [1.54, 1.807) is 13.8 Å². The van der Waals surface area contributed by atoms with E-state index in [4.69, 9.17) is 10.00 Å². The van der Waals surface area contributed by atoms with Crippen LogP contribution in [0.3, 0.4) is 0 Å². The topological polar surface area (TPSA) is 87.5 Å². The molecule has 0 amide bonds. The van der Waals surface area contributed by atoms with E-state index in [0.29, 0.717) is 12.0 Å². The number of hydrogen-bond donors (Lipinski definition) is 0. The molecular weight excluding hydrogens is 328 g/mol. The highest BCUT2D eigenvalue weighted by molar-refractivity contribution is 7.89. The van der Waals surface area contributed by atoms with Crippen molar-refractivity contribution in [1.29, 1.82) is 5.26 Å². The normalized spacial score (nSPS) is 12.9. The van der Waals surface area contributed by atoms with Crippen LogP contribution in [0.1, 0.15) is 39.2 Å². The Morgan fingerprint density at radius 1 is 1.29 bits per heavy atom. The second-order valence-electron chi connectivity index (χ2n) is 5.82. The summed E-state index contributed by atoms with van der Waals surface area (Å²) in [5.41, 5.74) is 0.377. The minimum absolute atomic E-state index is 0.0622. The number of carbonyl (C=O) groups is 1. The molecule has 0 aromatic heterocycles. The predicted molar refractivity (Wildman–Crippen MR) is 90.6 cm³/mol. The highest BCUT2D eigenvalue weighted by atomic mass is 32.2. The van der Waals surface area contributed by atoms with E-state index < -0.39 is 22.0 Å². The van der Waals surface area contributed by atoms with Crippen LogP contribution in [0.5, 0.6) is 0 Å². The molecule has 0 radical (unpaired) electrons. The maximum absolute atomic E-state index is 13.0. The molecule has 6 nitrogen and oxygen atoms in total. The van der Waals surface area contributed by atoms with Crippen LogP contribution in [-0.2, 0) is 19.6 Å². The predicted octanol–water partition coefficient (Wildman–Crippen LogP) is 2.55. The second kappa shape index (κ2) is 8.81. The highest BCUT2D eigenvalue weighted by Crippen LogP contribution is 2.24. The van der Waals surface area contributed by atoms with Crippen LogP contribution in [0.25, 0.3) is 0 Å². The van der Waals surface area contributed by atoms with Crippen molar-refractivity contribution in [2.75, 3.05) is 13.7 Å². The second-order valence-corrected chi connectivity index (χ2v) is 7.71. The summed E-state index contributed by atoms with van der Waals surface area (Å²) >= 11 is 0. The van der Waals surface area contributed by atoms with Crippen molar-refractivity contribution in [3.63, 3.8) is 0 Å². The van der Waals surface area contributed by atoms with Gasteiger partial charge in [-0.3, -0.25) is 4.79 Å². The lowest BCUT2D eigenvalue weighted by Crippen LogP contribution is -2.48. The van der Waals surface area contributed by atoms with Gasteiger partial charge in [-0.25, -0.2) is 8.42 Å². The van der Waals surface area contributed by atoms with E-state index in [-0.39, 0.29) is 17.4 Å². The van der Waals surface area contributed by atoms with Crippen LogP contribution in [0, 0.1) is 17.2 Å². The van der Waals surface area contributed by atoms with E-state index in [1.807, 2.05) is 13.0 Å². The van der Waals surface area contributed by atoms with E-state index in [0.717, 1.165) is 6.42 Å². The minimum Gasteiger partial charge on any atom is -0.468 e. The number of esters is 1. The van der Waals surface area contributed by atoms with Gasteiger partial charge in [-0.1, -0.05) is 27.2 Å². The Hall–Kier alpha value is -1.91. The Morgan fingerprint density at radius 2 is 1.88 bits per heavy atom. The maximum atomic E-state index is 13.0. The molecule has 0 fully saturated rings. The van der Waals surface area contributed by atoms with Crippen molar-refractivity contribution in [2.24, 2.45) is 5.92 Å². The largest absolute Gasteiger partial charge is 0.468 e. The summed E-state index contributed by atoms with van der Waals surface area (Å²) in [6, 6.07) is 6.75. The van der Waals surface area contributed by atoms with Crippen LogP contribution in [0.15, 0.2) is 29.2 Å². The molecule has 0 aliphatic rings. The molecule has 0 unspecified atom stereocenters. The number of unbranched alkanes of at least 4 members (excludes halogenated alkanes) is 1. The molecule has 132 valence electrons. The van der Waals surface area contributed by atoms with Gasteiger partial charge in [0.25, 0.3) is 0 Å². The standard InChI is InChI=1S/C17H24N2O4S/c1-5-6-11-19(16(13(2)3)17(20)23-4)24(21,22)15-9-7-14(12-18)8-10-15/h7-10,13,16H,5-6,11H2,1-4H3/t16-/m0/s1. The minimum atomic E-state index is -3.87. The third-order valence-electron chi connectivity index (χ3n) is 3.71. The maximum Gasteiger partial charge on any atom is 0.324 e. The molecule has 0 saturated carbocycles. The molecule has 0 bridgehead atoms. The van der Waals surface area contributed by atoms with E-state index in [2.05, 4.69) is 0 Å². The van der Waals surface area contributed by atoms with Crippen LogP contribution in [0.4, 0.5) is 0 Å². The number of rotatable bonds is 8. The van der Waals surface area contributed by atoms with Gasteiger partial charge in [0, 0.05) is 6.54 Å². The van der Waals surface area contributed by atoms with Gasteiger partial charge >= 0.3 is 5.97 Å². The number of benzene rings is 1. The Kier molecular flexibility index (Phi) is 7.39. The number of nitrogens with zero attached hydrogens (tertiary/aromatic N) is 2. The Labute approximate surface area is 144 Å². The zero-order valence-corrected chi connectivity index (χ0v) is 15.3. The van der Waals surface area contributed by atoms with Gasteiger partial charge in [-0.05, 0) is 36.6 Å². The molecule has 1 atom stereocenters. The van der Waals surface area contributed by atoms with Crippen LogP contribution in [-0.4, -0.2) is 38.4 Å². The summed E-state index contributed by atoms with van der Waals surface area (Å²) < 4.78 is 32.1. The Bertz CT molecular complexity index is 690. The number of sulfonamides is 1. The third-order valence-corrected chi connectivity index (χ3v) is 5.60. The SMILES string of the molecule is CCCCN([C@H](C(=O)OC)C(C)C)S(=O)(=O)c1ccc(C#N)cc1. The van der Waals surface area contributed by atoms with E-state index in [9.17, 15) is 13.2 Å². The summed E-state index contributed by atoms with van der Waals surface area (Å²) in [6.07, 6.45) is 1.43. The number of nitriles is 1. The molecule has 0 heterocycles. The number of carbonyl (C=O) groups excluding carboxylic acids is 1. The molecule has 0 aliphatic carbocycles. The summed E-state index contributed by atoms with van der Waals surface area (Å²) in [5.74, 6) is -0.805. The zero-order valence-electron chi connectivity index (χ0n) is 14.5. The molecule has 1 aromatic rings. The quantitative estimate of drug-likeness (QED) is 0.671. The van der Waals surface area contributed by atoms with Crippen molar-refractivity contribution in [3.05, 3.63) is 29.8 Å². The summed E-state index contributed by atoms with van der Waals surface area (Å²) in [7, 11) is -2.62. The first-order valence-electron chi connectivity index (χ1n) is 7.89. The Balaban J connectivity index is 3.34. The van der Waals surface area contributed by atoms with Crippen LogP contribution < -0.4 is 0 Å². The molecule has 0 saturated heterocycles. The summed E-state index contributed by atoms with van der Waals surface area (Å²) in [4.78, 5) is 12.2. The van der Waals surface area contributed by atoms with Gasteiger partial charge in [-0.2, -0.15) is 9.57 Å². The van der Waals surface area contributed by atoms with E-state index in [1.165, 1.54) is 35.7 Å². The van der Waals surface area contributed by atoms with Gasteiger partial charge in [0.1, 0.15) is 6.04 Å². The lowest BCUT2D eigenvalue weighted by molar-refractivity contribution is -0.146. The van der Waals surface area contributed by atoms with Crippen molar-refractivity contribution in [3.8, 4) is 6.07 Å². The molecule has 1 rings (SSSR count). The third kappa shape index (κ3) is 4.56. The van der Waals surface area contributed by atoms with Gasteiger partial charge in [0.15, 0.2) is 0 Å². The first-order valence-corrected chi connectivity index (χ1v) is 9.33. The average molecular weight is 352 g/mol. The van der Waals surface area contributed by atoms with Crippen molar-refractivity contribution < 1.29 is 17.9 Å². The number of hydrogen-bond acceptors (Lipinski definition) is 5. The highest BCUT2D eigenvalue weighted by Gasteiger charge is 2.38. The van der Waals surface area contributed by atoms with Crippen molar-refractivity contribution in [2.45, 2.75) is 44.6 Å². The van der Waals surface area contributed by atoms with Gasteiger partial charge in [0.05, 0.1) is 23.6 Å². The number of ether oxygens (including phenoxy) is 1. The summed E-state index contributed by atoms with van der Waals surface area (Å²) in [6.45, 7) is 5.76. The summed E-state index contributed by atoms with van der Waals surface area (Å²) in [5, 5.41) is 8.85. The van der Waals surface area contributed by atoms with Gasteiger partial charge < -0.3 is 4.74 Å². The fourth-order valence-electron chi connectivity index (χ4n) is 2.40. The van der Waals surface area contributed by atoms with Gasteiger partial charge in [0.2, 0.25) is 10.0 Å². The molecule has 0 N–H and O–H groups in total.